The van der Waals surface area contributed by atoms with E-state index in [1.54, 1.807) is 0 Å². The van der Waals surface area contributed by atoms with Crippen molar-refractivity contribution in [1.29, 1.82) is 0 Å². The van der Waals surface area contributed by atoms with E-state index >= 15 is 0 Å². The lowest BCUT2D eigenvalue weighted by atomic mass is 10.3. The Balaban J connectivity index is 3.02. The Bertz CT molecular complexity index is 226. The fraction of sp³-hybridized carbons (Fsp3) is 0.500. The van der Waals surface area contributed by atoms with Crippen LogP contribution in [0.5, 0.6) is 0 Å². The molecule has 0 amide bonds. The van der Waals surface area contributed by atoms with Gasteiger partial charge in [-0.2, -0.15) is 0 Å². The van der Waals surface area contributed by atoms with Gasteiger partial charge in [0.2, 0.25) is 0 Å². The highest BCUT2D eigenvalue weighted by Gasteiger charge is 1.97. The van der Waals surface area contributed by atoms with Gasteiger partial charge in [-0.15, -0.1) is 11.6 Å². The number of aromatic nitrogens is 2. The highest BCUT2D eigenvalue weighted by atomic mass is 35.5. The smallest absolute Gasteiger partial charge is 0.128 e. The van der Waals surface area contributed by atoms with Crippen LogP contribution in [-0.2, 0) is 12.3 Å². The van der Waals surface area contributed by atoms with Gasteiger partial charge in [-0.25, -0.2) is 9.97 Å². The van der Waals surface area contributed by atoms with Gasteiger partial charge in [0.25, 0.3) is 0 Å². The number of alkyl halides is 1. The Hall–Kier alpha value is -0.630. The van der Waals surface area contributed by atoms with Gasteiger partial charge in [-0.05, 0) is 13.0 Å². The lowest BCUT2D eigenvalue weighted by molar-refractivity contribution is 0.892. The van der Waals surface area contributed by atoms with Crippen molar-refractivity contribution in [3.05, 3.63) is 23.3 Å². The molecule has 0 aliphatic carbocycles. The van der Waals surface area contributed by atoms with E-state index in [1.165, 1.54) is 0 Å². The van der Waals surface area contributed by atoms with Crippen molar-refractivity contribution in [2.45, 2.75) is 26.1 Å². The van der Waals surface area contributed by atoms with Gasteiger partial charge >= 0.3 is 0 Å². The van der Waals surface area contributed by atoms with E-state index in [-0.39, 0.29) is 0 Å². The molecule has 1 aromatic rings. The number of rotatable bonds is 2. The molecule has 1 heterocycles. The Morgan fingerprint density at radius 2 is 2.18 bits per heavy atom. The molecule has 3 heteroatoms. The first kappa shape index (κ1) is 8.47. The van der Waals surface area contributed by atoms with Gasteiger partial charge in [0.1, 0.15) is 5.82 Å². The average molecular weight is 171 g/mol. The number of aryl methyl sites for hydroxylation is 2. The van der Waals surface area contributed by atoms with E-state index in [1.807, 2.05) is 19.9 Å². The van der Waals surface area contributed by atoms with Gasteiger partial charge in [-0.3, -0.25) is 0 Å². The van der Waals surface area contributed by atoms with Gasteiger partial charge in [0.05, 0.1) is 11.6 Å². The summed E-state index contributed by atoms with van der Waals surface area (Å²) in [6, 6.07) is 1.91. The third-order valence-electron chi connectivity index (χ3n) is 1.41. The summed E-state index contributed by atoms with van der Waals surface area (Å²) in [5.41, 5.74) is 1.91. The van der Waals surface area contributed by atoms with Gasteiger partial charge < -0.3 is 0 Å². The zero-order valence-corrected chi connectivity index (χ0v) is 7.52. The van der Waals surface area contributed by atoms with Crippen LogP contribution < -0.4 is 0 Å². The second-order valence-corrected chi connectivity index (χ2v) is 2.67. The van der Waals surface area contributed by atoms with E-state index in [4.69, 9.17) is 11.6 Å². The van der Waals surface area contributed by atoms with Crippen LogP contribution in [-0.4, -0.2) is 9.97 Å². The summed E-state index contributed by atoms with van der Waals surface area (Å²) < 4.78 is 0. The Labute approximate surface area is 71.6 Å². The zero-order chi connectivity index (χ0) is 8.27. The second kappa shape index (κ2) is 3.67. The predicted molar refractivity (Wildman–Crippen MR) is 45.7 cm³/mol. The maximum absolute atomic E-state index is 5.64. The van der Waals surface area contributed by atoms with Crippen LogP contribution in [0.15, 0.2) is 6.07 Å². The van der Waals surface area contributed by atoms with Crippen molar-refractivity contribution in [1.82, 2.24) is 9.97 Å². The Morgan fingerprint density at radius 1 is 1.45 bits per heavy atom. The summed E-state index contributed by atoms with van der Waals surface area (Å²) in [5, 5.41) is 0. The monoisotopic (exact) mass is 170 g/mol. The van der Waals surface area contributed by atoms with Crippen LogP contribution in [0.1, 0.15) is 24.1 Å². The van der Waals surface area contributed by atoms with Crippen molar-refractivity contribution >= 4 is 11.6 Å². The van der Waals surface area contributed by atoms with E-state index in [0.29, 0.717) is 5.88 Å². The zero-order valence-electron chi connectivity index (χ0n) is 6.76. The molecule has 2 nitrogen and oxygen atoms in total. The molecule has 0 saturated carbocycles. The molecular formula is C8H11ClN2. The van der Waals surface area contributed by atoms with Crippen LogP contribution in [0.3, 0.4) is 0 Å². The molecule has 11 heavy (non-hydrogen) atoms. The summed E-state index contributed by atoms with van der Waals surface area (Å²) in [7, 11) is 0. The largest absolute Gasteiger partial charge is 0.238 e. The highest BCUT2D eigenvalue weighted by Crippen LogP contribution is 2.03. The molecule has 0 aliphatic heterocycles. The predicted octanol–water partition coefficient (Wildman–Crippen LogP) is 2.09. The minimum Gasteiger partial charge on any atom is -0.238 e. The first-order valence-electron chi connectivity index (χ1n) is 3.65. The van der Waals surface area contributed by atoms with Crippen LogP contribution in [0, 0.1) is 6.92 Å². The lowest BCUT2D eigenvalue weighted by Crippen LogP contribution is -1.98. The minimum atomic E-state index is 0.469. The first-order chi connectivity index (χ1) is 5.26. The van der Waals surface area contributed by atoms with Gasteiger partial charge in [0, 0.05) is 12.1 Å². The summed E-state index contributed by atoms with van der Waals surface area (Å²) in [6.07, 6.45) is 0.867. The Kier molecular flexibility index (Phi) is 2.83. The highest BCUT2D eigenvalue weighted by molar-refractivity contribution is 6.16. The standard InChI is InChI=1S/C8H11ClN2/c1-3-8-10-6(2)4-7(5-9)11-8/h4H,3,5H2,1-2H3. The van der Waals surface area contributed by atoms with Crippen LogP contribution >= 0.6 is 11.6 Å². The SMILES string of the molecule is CCc1nc(C)cc(CCl)n1. The minimum absolute atomic E-state index is 0.469. The first-order valence-corrected chi connectivity index (χ1v) is 4.19. The van der Waals surface area contributed by atoms with Crippen molar-refractivity contribution in [2.24, 2.45) is 0 Å². The molecule has 0 unspecified atom stereocenters. The summed E-state index contributed by atoms with van der Waals surface area (Å²) in [5.74, 6) is 1.34. The molecule has 0 spiro atoms. The number of hydrogen-bond acceptors (Lipinski definition) is 2. The van der Waals surface area contributed by atoms with Crippen molar-refractivity contribution < 1.29 is 0 Å². The molecule has 0 fully saturated rings. The van der Waals surface area contributed by atoms with Crippen molar-refractivity contribution in [3.63, 3.8) is 0 Å². The summed E-state index contributed by atoms with van der Waals surface area (Å²) in [4.78, 5) is 8.46. The molecule has 0 N–H and O–H groups in total. The van der Waals surface area contributed by atoms with E-state index < -0.39 is 0 Å². The van der Waals surface area contributed by atoms with Crippen LogP contribution in [0.25, 0.3) is 0 Å². The summed E-state index contributed by atoms with van der Waals surface area (Å²) >= 11 is 5.64. The van der Waals surface area contributed by atoms with Crippen molar-refractivity contribution in [3.8, 4) is 0 Å². The number of hydrogen-bond donors (Lipinski definition) is 0. The third-order valence-corrected chi connectivity index (χ3v) is 1.68. The molecule has 0 atom stereocenters. The fourth-order valence-corrected chi connectivity index (χ4v) is 1.06. The lowest BCUT2D eigenvalue weighted by Gasteiger charge is -2.00. The second-order valence-electron chi connectivity index (χ2n) is 2.40. The average Bonchev–Trinajstić information content (AvgIpc) is 2.03. The van der Waals surface area contributed by atoms with Gasteiger partial charge in [0.15, 0.2) is 0 Å². The normalized spacial score (nSPS) is 10.1. The molecule has 1 rings (SSSR count). The molecular weight excluding hydrogens is 160 g/mol. The number of nitrogens with zero attached hydrogens (tertiary/aromatic N) is 2. The van der Waals surface area contributed by atoms with Crippen molar-refractivity contribution in [2.75, 3.05) is 0 Å². The Morgan fingerprint density at radius 3 is 2.73 bits per heavy atom. The fourth-order valence-electron chi connectivity index (χ4n) is 0.927. The molecule has 60 valence electrons. The summed E-state index contributed by atoms with van der Waals surface area (Å²) in [6.45, 7) is 3.99. The molecule has 0 aliphatic rings. The van der Waals surface area contributed by atoms with E-state index in [9.17, 15) is 0 Å². The molecule has 0 saturated heterocycles. The topological polar surface area (TPSA) is 25.8 Å². The molecule has 0 aromatic carbocycles. The molecule has 0 bridgehead atoms. The molecule has 0 radical (unpaired) electrons. The van der Waals surface area contributed by atoms with E-state index in [0.717, 1.165) is 23.6 Å². The van der Waals surface area contributed by atoms with Crippen LogP contribution in [0.2, 0.25) is 0 Å². The maximum Gasteiger partial charge on any atom is 0.128 e. The number of halogens is 1. The molecule has 1 aromatic heterocycles. The van der Waals surface area contributed by atoms with E-state index in [2.05, 4.69) is 9.97 Å². The maximum atomic E-state index is 5.64. The van der Waals surface area contributed by atoms with Crippen LogP contribution in [0.4, 0.5) is 0 Å². The van der Waals surface area contributed by atoms with Gasteiger partial charge in [-0.1, -0.05) is 6.92 Å². The quantitative estimate of drug-likeness (QED) is 0.636. The third kappa shape index (κ3) is 2.15.